The normalized spacial score (nSPS) is 15.1. The Hall–Kier alpha value is -3.60. The fourth-order valence-corrected chi connectivity index (χ4v) is 3.83. The Morgan fingerprint density at radius 1 is 1.00 bits per heavy atom. The molecule has 1 aromatic heterocycles. The lowest BCUT2D eigenvalue weighted by atomic mass is 9.81. The number of ether oxygens (including phenoxy) is 1. The standard InChI is InChI=1S/C22H18N4O/c1-13-6-8-15(9-7-13)18-19-16-5-3-2-4-14(16)10-11-17(19)27-22-20(18)21(23)26(24)12-25-22/h2-12,18,23H,24H2,1H3/t18-/m1/s1. The lowest BCUT2D eigenvalue weighted by molar-refractivity contribution is 0.427. The maximum atomic E-state index is 8.56. The van der Waals surface area contributed by atoms with E-state index in [-0.39, 0.29) is 11.4 Å². The van der Waals surface area contributed by atoms with Gasteiger partial charge in [0, 0.05) is 11.5 Å². The second kappa shape index (κ2) is 5.71. The molecule has 0 fully saturated rings. The Morgan fingerprint density at radius 2 is 1.78 bits per heavy atom. The number of nitrogens with one attached hydrogen (secondary N) is 1. The van der Waals surface area contributed by atoms with Gasteiger partial charge in [0.05, 0.1) is 5.56 Å². The number of aryl methyl sites for hydroxylation is 1. The molecule has 4 aromatic rings. The van der Waals surface area contributed by atoms with E-state index in [0.29, 0.717) is 11.4 Å². The van der Waals surface area contributed by atoms with Crippen molar-refractivity contribution in [3.05, 3.63) is 94.7 Å². The van der Waals surface area contributed by atoms with Crippen LogP contribution in [0.1, 0.15) is 28.2 Å². The van der Waals surface area contributed by atoms with Crippen molar-refractivity contribution in [3.63, 3.8) is 0 Å². The maximum Gasteiger partial charge on any atom is 0.228 e. The smallest absolute Gasteiger partial charge is 0.228 e. The highest BCUT2D eigenvalue weighted by atomic mass is 16.5. The zero-order valence-electron chi connectivity index (χ0n) is 14.8. The van der Waals surface area contributed by atoms with Gasteiger partial charge in [-0.3, -0.25) is 5.41 Å². The molecule has 132 valence electrons. The molecular weight excluding hydrogens is 336 g/mol. The highest BCUT2D eigenvalue weighted by Crippen LogP contribution is 2.47. The van der Waals surface area contributed by atoms with Gasteiger partial charge < -0.3 is 10.6 Å². The third-order valence-electron chi connectivity index (χ3n) is 5.17. The summed E-state index contributed by atoms with van der Waals surface area (Å²) in [5.74, 6) is 6.99. The van der Waals surface area contributed by atoms with Crippen molar-refractivity contribution in [2.75, 3.05) is 5.84 Å². The van der Waals surface area contributed by atoms with E-state index in [1.54, 1.807) is 0 Å². The summed E-state index contributed by atoms with van der Waals surface area (Å²) in [6, 6.07) is 20.7. The molecular formula is C22H18N4O. The second-order valence-corrected chi connectivity index (χ2v) is 6.86. The molecule has 2 heterocycles. The highest BCUT2D eigenvalue weighted by molar-refractivity contribution is 5.90. The lowest BCUT2D eigenvalue weighted by Crippen LogP contribution is -2.33. The zero-order valence-corrected chi connectivity index (χ0v) is 14.8. The molecule has 5 nitrogen and oxygen atoms in total. The van der Waals surface area contributed by atoms with E-state index in [1.165, 1.54) is 16.6 Å². The quantitative estimate of drug-likeness (QED) is 0.449. The lowest BCUT2D eigenvalue weighted by Gasteiger charge is -2.29. The summed E-state index contributed by atoms with van der Waals surface area (Å²) in [6.07, 6.45) is 1.42. The molecule has 1 aliphatic rings. The molecule has 0 saturated heterocycles. The van der Waals surface area contributed by atoms with Crippen LogP contribution in [-0.2, 0) is 0 Å². The summed E-state index contributed by atoms with van der Waals surface area (Å²) in [7, 11) is 0. The van der Waals surface area contributed by atoms with Gasteiger partial charge in [0.15, 0.2) is 5.49 Å². The van der Waals surface area contributed by atoms with E-state index in [0.717, 1.165) is 27.6 Å². The van der Waals surface area contributed by atoms with Crippen molar-refractivity contribution in [1.29, 1.82) is 5.41 Å². The molecule has 27 heavy (non-hydrogen) atoms. The van der Waals surface area contributed by atoms with E-state index < -0.39 is 0 Å². The van der Waals surface area contributed by atoms with Crippen molar-refractivity contribution in [2.45, 2.75) is 12.8 Å². The molecule has 1 atom stereocenters. The molecule has 1 aliphatic heterocycles. The van der Waals surface area contributed by atoms with Crippen molar-refractivity contribution in [1.82, 2.24) is 9.66 Å². The molecule has 0 amide bonds. The number of nitrogen functional groups attached to an aromatic ring is 1. The van der Waals surface area contributed by atoms with Crippen molar-refractivity contribution in [2.24, 2.45) is 0 Å². The van der Waals surface area contributed by atoms with Crippen LogP contribution in [0.2, 0.25) is 0 Å². The first kappa shape index (κ1) is 15.6. The number of hydrogen-bond donors (Lipinski definition) is 2. The van der Waals surface area contributed by atoms with Gasteiger partial charge in [-0.2, -0.15) is 0 Å². The number of rotatable bonds is 1. The number of nitrogens with two attached hydrogens (primary N) is 1. The fourth-order valence-electron chi connectivity index (χ4n) is 3.83. The number of nitrogens with zero attached hydrogens (tertiary/aromatic N) is 2. The number of hydrogen-bond acceptors (Lipinski definition) is 4. The van der Waals surface area contributed by atoms with Gasteiger partial charge in [-0.05, 0) is 29.3 Å². The minimum absolute atomic E-state index is 0.175. The van der Waals surface area contributed by atoms with Crippen LogP contribution in [0.4, 0.5) is 0 Å². The molecule has 0 spiro atoms. The third-order valence-corrected chi connectivity index (χ3v) is 5.17. The average molecular weight is 354 g/mol. The third kappa shape index (κ3) is 2.32. The van der Waals surface area contributed by atoms with Crippen LogP contribution >= 0.6 is 0 Å². The van der Waals surface area contributed by atoms with Crippen LogP contribution < -0.4 is 16.1 Å². The van der Waals surface area contributed by atoms with Crippen LogP contribution in [-0.4, -0.2) is 9.66 Å². The van der Waals surface area contributed by atoms with E-state index in [2.05, 4.69) is 54.4 Å². The summed E-state index contributed by atoms with van der Waals surface area (Å²) < 4.78 is 7.33. The van der Waals surface area contributed by atoms with Gasteiger partial charge in [0.25, 0.3) is 0 Å². The number of benzene rings is 3. The molecule has 5 rings (SSSR count). The Kier molecular flexibility index (Phi) is 3.31. The Balaban J connectivity index is 1.90. The summed E-state index contributed by atoms with van der Waals surface area (Å²) in [5, 5.41) is 10.8. The fraction of sp³-hybridized carbons (Fsp3) is 0.0909. The molecule has 5 heteroatoms. The van der Waals surface area contributed by atoms with Gasteiger partial charge in [0.2, 0.25) is 5.88 Å². The van der Waals surface area contributed by atoms with Gasteiger partial charge in [-0.25, -0.2) is 9.66 Å². The Bertz CT molecular complexity index is 1240. The SMILES string of the molecule is Cc1ccc([C@H]2c3c(ncn(N)c3=N)Oc3ccc4ccccc4c32)cc1. The second-order valence-electron chi connectivity index (χ2n) is 6.86. The van der Waals surface area contributed by atoms with Crippen LogP contribution in [0.15, 0.2) is 67.0 Å². The molecule has 3 N–H and O–H groups in total. The zero-order chi connectivity index (χ0) is 18.5. The first-order valence-corrected chi connectivity index (χ1v) is 8.81. The largest absolute Gasteiger partial charge is 0.438 e. The maximum absolute atomic E-state index is 8.56. The molecule has 0 saturated carbocycles. The molecule has 0 unspecified atom stereocenters. The van der Waals surface area contributed by atoms with Gasteiger partial charge in [-0.15, -0.1) is 0 Å². The van der Waals surface area contributed by atoms with Crippen molar-refractivity contribution < 1.29 is 4.74 Å². The van der Waals surface area contributed by atoms with Gasteiger partial charge in [-0.1, -0.05) is 60.2 Å². The molecule has 0 bridgehead atoms. The predicted octanol–water partition coefficient (Wildman–Crippen LogP) is 3.82. The van der Waals surface area contributed by atoms with Crippen LogP contribution in [0.25, 0.3) is 10.8 Å². The molecule has 0 aliphatic carbocycles. The number of fused-ring (bicyclic) bond motifs is 4. The van der Waals surface area contributed by atoms with E-state index in [4.69, 9.17) is 16.0 Å². The number of aromatic nitrogens is 2. The minimum atomic E-state index is -0.175. The van der Waals surface area contributed by atoms with Crippen LogP contribution in [0, 0.1) is 12.3 Å². The first-order chi connectivity index (χ1) is 13.1. The van der Waals surface area contributed by atoms with Crippen molar-refractivity contribution >= 4 is 10.8 Å². The topological polar surface area (TPSA) is 76.9 Å². The highest BCUT2D eigenvalue weighted by Gasteiger charge is 2.33. The van der Waals surface area contributed by atoms with Gasteiger partial charge >= 0.3 is 0 Å². The van der Waals surface area contributed by atoms with E-state index in [1.807, 2.05) is 18.2 Å². The summed E-state index contributed by atoms with van der Waals surface area (Å²) in [4.78, 5) is 4.35. The predicted molar refractivity (Wildman–Crippen MR) is 104 cm³/mol. The summed E-state index contributed by atoms with van der Waals surface area (Å²) in [6.45, 7) is 2.07. The first-order valence-electron chi connectivity index (χ1n) is 8.81. The van der Waals surface area contributed by atoms with E-state index >= 15 is 0 Å². The Morgan fingerprint density at radius 3 is 2.59 bits per heavy atom. The van der Waals surface area contributed by atoms with Crippen molar-refractivity contribution in [3.8, 4) is 11.6 Å². The monoisotopic (exact) mass is 354 g/mol. The van der Waals surface area contributed by atoms with Crippen LogP contribution in [0.3, 0.4) is 0 Å². The van der Waals surface area contributed by atoms with Crippen LogP contribution in [0.5, 0.6) is 11.6 Å². The average Bonchev–Trinajstić information content (AvgIpc) is 2.70. The molecule has 0 radical (unpaired) electrons. The summed E-state index contributed by atoms with van der Waals surface area (Å²) >= 11 is 0. The Labute approximate surface area is 156 Å². The summed E-state index contributed by atoms with van der Waals surface area (Å²) in [5.41, 5.74) is 4.21. The van der Waals surface area contributed by atoms with E-state index in [9.17, 15) is 0 Å². The minimum Gasteiger partial charge on any atom is -0.438 e. The van der Waals surface area contributed by atoms with Gasteiger partial charge in [0.1, 0.15) is 12.1 Å². The molecule has 3 aromatic carbocycles.